The minimum absolute atomic E-state index is 0.202. The van der Waals surface area contributed by atoms with Crippen LogP contribution in [-0.2, 0) is 23.1 Å². The van der Waals surface area contributed by atoms with Crippen molar-refractivity contribution >= 4 is 21.4 Å². The van der Waals surface area contributed by atoms with Crippen molar-refractivity contribution in [1.29, 1.82) is 0 Å². The van der Waals surface area contributed by atoms with Crippen molar-refractivity contribution in [2.45, 2.75) is 31.8 Å². The molecule has 0 aliphatic rings. The van der Waals surface area contributed by atoms with E-state index in [1.807, 2.05) is 13.0 Å². The van der Waals surface area contributed by atoms with Gasteiger partial charge in [0.25, 0.3) is 0 Å². The van der Waals surface area contributed by atoms with Crippen molar-refractivity contribution in [3.63, 3.8) is 0 Å². The number of thiazole rings is 1. The highest BCUT2D eigenvalue weighted by Crippen LogP contribution is 2.19. The van der Waals surface area contributed by atoms with Gasteiger partial charge >= 0.3 is 0 Å². The maximum absolute atomic E-state index is 12.3. The first-order valence-electron chi connectivity index (χ1n) is 6.13. The molecule has 0 fully saturated rings. The Hall–Kier alpha value is -1.28. The molecule has 0 radical (unpaired) electrons. The zero-order valence-corrected chi connectivity index (χ0v) is 13.0. The molecule has 0 spiro atoms. The first-order valence-corrected chi connectivity index (χ1v) is 8.43. The zero-order chi connectivity index (χ0) is 14.8. The molecule has 1 aromatic heterocycles. The maximum Gasteiger partial charge on any atom is 0.241 e. The van der Waals surface area contributed by atoms with Gasteiger partial charge in [0.05, 0.1) is 11.4 Å². The third kappa shape index (κ3) is 3.24. The van der Waals surface area contributed by atoms with Crippen LogP contribution in [0, 0.1) is 13.8 Å². The van der Waals surface area contributed by atoms with E-state index in [9.17, 15) is 8.42 Å². The molecule has 0 saturated carbocycles. The van der Waals surface area contributed by atoms with E-state index in [2.05, 4.69) is 9.71 Å². The molecule has 0 atom stereocenters. The zero-order valence-electron chi connectivity index (χ0n) is 11.4. The largest absolute Gasteiger partial charge is 0.326 e. The number of benzene rings is 1. The lowest BCUT2D eigenvalue weighted by atomic mass is 10.1. The molecule has 2 aromatic rings. The first-order chi connectivity index (χ1) is 9.44. The van der Waals surface area contributed by atoms with Crippen molar-refractivity contribution in [2.75, 3.05) is 0 Å². The van der Waals surface area contributed by atoms with Gasteiger partial charge in [0.15, 0.2) is 0 Å². The van der Waals surface area contributed by atoms with Crippen LogP contribution in [0.2, 0.25) is 0 Å². The van der Waals surface area contributed by atoms with Crippen molar-refractivity contribution in [1.82, 2.24) is 9.71 Å². The van der Waals surface area contributed by atoms with Crippen molar-refractivity contribution in [3.05, 3.63) is 45.4 Å². The monoisotopic (exact) mass is 311 g/mol. The standard InChI is InChI=1S/C13H17N3O2S2/c1-9-7-15-13(19-9)8-16-20(17,18)12-5-3-4-11(6-14)10(12)2/h3-5,7,16H,6,8,14H2,1-2H3. The van der Waals surface area contributed by atoms with Crippen molar-refractivity contribution in [3.8, 4) is 0 Å². The van der Waals surface area contributed by atoms with Crippen LogP contribution in [-0.4, -0.2) is 13.4 Å². The Kier molecular flexibility index (Phi) is 4.54. The van der Waals surface area contributed by atoms with Crippen LogP contribution in [0.3, 0.4) is 0 Å². The predicted octanol–water partition coefficient (Wildman–Crippen LogP) is 1.70. The maximum atomic E-state index is 12.3. The van der Waals surface area contributed by atoms with Crippen LogP contribution in [0.25, 0.3) is 0 Å². The molecule has 1 heterocycles. The molecular weight excluding hydrogens is 294 g/mol. The second-order valence-electron chi connectivity index (χ2n) is 4.43. The van der Waals surface area contributed by atoms with Gasteiger partial charge in [-0.15, -0.1) is 11.3 Å². The second-order valence-corrected chi connectivity index (χ2v) is 7.49. The van der Waals surface area contributed by atoms with E-state index in [0.717, 1.165) is 15.4 Å². The fourth-order valence-corrected chi connectivity index (χ4v) is 3.98. The molecular formula is C13H17N3O2S2. The Balaban J connectivity index is 2.22. The highest BCUT2D eigenvalue weighted by Gasteiger charge is 2.18. The Morgan fingerprint density at radius 3 is 2.70 bits per heavy atom. The highest BCUT2D eigenvalue weighted by atomic mass is 32.2. The summed E-state index contributed by atoms with van der Waals surface area (Å²) in [6, 6.07) is 5.12. The van der Waals surface area contributed by atoms with Crippen LogP contribution in [0.5, 0.6) is 0 Å². The van der Waals surface area contributed by atoms with E-state index in [1.165, 1.54) is 11.3 Å². The summed E-state index contributed by atoms with van der Waals surface area (Å²) in [5.74, 6) is 0. The number of hydrogen-bond acceptors (Lipinski definition) is 5. The number of aromatic nitrogens is 1. The average molecular weight is 311 g/mol. The molecule has 2 rings (SSSR count). The van der Waals surface area contributed by atoms with Crippen molar-refractivity contribution in [2.24, 2.45) is 5.73 Å². The van der Waals surface area contributed by atoms with E-state index >= 15 is 0 Å². The van der Waals surface area contributed by atoms with Crippen LogP contribution in [0.4, 0.5) is 0 Å². The second kappa shape index (κ2) is 6.01. The van der Waals surface area contributed by atoms with E-state index in [0.29, 0.717) is 12.1 Å². The summed E-state index contributed by atoms with van der Waals surface area (Å²) >= 11 is 1.48. The molecule has 1 aromatic carbocycles. The average Bonchev–Trinajstić information content (AvgIpc) is 2.82. The van der Waals surface area contributed by atoms with Crippen LogP contribution >= 0.6 is 11.3 Å². The Bertz CT molecular complexity index is 708. The quantitative estimate of drug-likeness (QED) is 0.880. The van der Waals surface area contributed by atoms with E-state index in [1.54, 1.807) is 25.3 Å². The molecule has 0 aliphatic heterocycles. The SMILES string of the molecule is Cc1cnc(CNS(=O)(=O)c2cccc(CN)c2C)s1. The van der Waals surface area contributed by atoms with Gasteiger partial charge in [-0.1, -0.05) is 12.1 Å². The third-order valence-corrected chi connectivity index (χ3v) is 5.45. The van der Waals surface area contributed by atoms with E-state index in [4.69, 9.17) is 5.73 Å². The van der Waals surface area contributed by atoms with Crippen LogP contribution in [0.15, 0.2) is 29.3 Å². The number of aryl methyl sites for hydroxylation is 1. The molecule has 7 heteroatoms. The number of rotatable bonds is 5. The lowest BCUT2D eigenvalue weighted by Crippen LogP contribution is -2.24. The summed E-state index contributed by atoms with van der Waals surface area (Å²) in [6.07, 6.45) is 1.73. The van der Waals surface area contributed by atoms with Gasteiger partial charge < -0.3 is 5.73 Å². The molecule has 0 aliphatic carbocycles. The molecule has 3 N–H and O–H groups in total. The molecule has 0 bridgehead atoms. The summed E-state index contributed by atoms with van der Waals surface area (Å²) in [4.78, 5) is 5.47. The Labute approximate surface area is 122 Å². The lowest BCUT2D eigenvalue weighted by Gasteiger charge is -2.11. The summed E-state index contributed by atoms with van der Waals surface area (Å²) < 4.78 is 27.2. The number of sulfonamides is 1. The molecule has 5 nitrogen and oxygen atoms in total. The fraction of sp³-hybridized carbons (Fsp3) is 0.308. The smallest absolute Gasteiger partial charge is 0.241 e. The summed E-state index contributed by atoms with van der Waals surface area (Å²) in [5, 5.41) is 0.749. The number of nitrogens with two attached hydrogens (primary N) is 1. The van der Waals surface area contributed by atoms with Gasteiger partial charge in [0.2, 0.25) is 10.0 Å². The molecule has 108 valence electrons. The normalized spacial score (nSPS) is 11.8. The predicted molar refractivity (Wildman–Crippen MR) is 79.9 cm³/mol. The summed E-state index contributed by atoms with van der Waals surface area (Å²) in [7, 11) is -3.55. The topological polar surface area (TPSA) is 85.1 Å². The fourth-order valence-electron chi connectivity index (χ4n) is 1.89. The first kappa shape index (κ1) is 15.1. The number of hydrogen-bond donors (Lipinski definition) is 2. The molecule has 20 heavy (non-hydrogen) atoms. The highest BCUT2D eigenvalue weighted by molar-refractivity contribution is 7.89. The minimum atomic E-state index is -3.55. The number of nitrogens with one attached hydrogen (secondary N) is 1. The van der Waals surface area contributed by atoms with E-state index in [-0.39, 0.29) is 11.4 Å². The Morgan fingerprint density at radius 1 is 1.35 bits per heavy atom. The van der Waals surface area contributed by atoms with Gasteiger partial charge in [0.1, 0.15) is 5.01 Å². The lowest BCUT2D eigenvalue weighted by molar-refractivity contribution is 0.580. The van der Waals surface area contributed by atoms with Gasteiger partial charge in [-0.05, 0) is 31.0 Å². The van der Waals surface area contributed by atoms with Crippen LogP contribution in [0.1, 0.15) is 21.0 Å². The van der Waals surface area contributed by atoms with Gasteiger partial charge in [0, 0.05) is 17.6 Å². The van der Waals surface area contributed by atoms with Crippen LogP contribution < -0.4 is 10.5 Å². The molecule has 0 saturated heterocycles. The van der Waals surface area contributed by atoms with Gasteiger partial charge in [-0.2, -0.15) is 0 Å². The van der Waals surface area contributed by atoms with Gasteiger partial charge in [-0.25, -0.2) is 18.1 Å². The third-order valence-electron chi connectivity index (χ3n) is 2.99. The summed E-state index contributed by atoms with van der Waals surface area (Å²) in [5.41, 5.74) is 7.13. The number of nitrogens with zero attached hydrogens (tertiary/aromatic N) is 1. The van der Waals surface area contributed by atoms with Crippen molar-refractivity contribution < 1.29 is 8.42 Å². The minimum Gasteiger partial charge on any atom is -0.326 e. The summed E-state index contributed by atoms with van der Waals surface area (Å²) in [6.45, 7) is 4.23. The van der Waals surface area contributed by atoms with E-state index < -0.39 is 10.0 Å². The molecule has 0 amide bonds. The molecule has 0 unspecified atom stereocenters. The van der Waals surface area contributed by atoms with Gasteiger partial charge in [-0.3, -0.25) is 0 Å². The Morgan fingerprint density at radius 2 is 2.10 bits per heavy atom.